The summed E-state index contributed by atoms with van der Waals surface area (Å²) in [6.07, 6.45) is 9.55. The monoisotopic (exact) mass is 404 g/mol. The zero-order chi connectivity index (χ0) is 20.5. The number of methoxy groups -OCH3 is 1. The van der Waals surface area contributed by atoms with Gasteiger partial charge in [0, 0.05) is 30.6 Å². The number of piperidine rings is 1. The van der Waals surface area contributed by atoms with Crippen molar-refractivity contribution in [2.24, 2.45) is 5.92 Å². The third kappa shape index (κ3) is 4.04. The predicted molar refractivity (Wildman–Crippen MR) is 120 cm³/mol. The lowest BCUT2D eigenvalue weighted by atomic mass is 9.88. The van der Waals surface area contributed by atoms with E-state index in [4.69, 9.17) is 4.74 Å². The van der Waals surface area contributed by atoms with Gasteiger partial charge in [-0.3, -0.25) is 10.2 Å². The molecule has 1 aliphatic carbocycles. The van der Waals surface area contributed by atoms with Gasteiger partial charge in [-0.2, -0.15) is 0 Å². The van der Waals surface area contributed by atoms with Crippen molar-refractivity contribution in [1.29, 1.82) is 0 Å². The van der Waals surface area contributed by atoms with Gasteiger partial charge in [0.2, 0.25) is 0 Å². The molecule has 4 atom stereocenters. The van der Waals surface area contributed by atoms with E-state index in [1.807, 2.05) is 0 Å². The molecule has 0 aromatic heterocycles. The molecular formula is C26H32N2O2. The Morgan fingerprint density at radius 1 is 1.07 bits per heavy atom. The normalized spacial score (nSPS) is 28.9. The van der Waals surface area contributed by atoms with Gasteiger partial charge in [0.25, 0.3) is 0 Å². The van der Waals surface area contributed by atoms with Crippen molar-refractivity contribution < 1.29 is 9.84 Å². The van der Waals surface area contributed by atoms with E-state index < -0.39 is 6.23 Å². The summed E-state index contributed by atoms with van der Waals surface area (Å²) in [5.74, 6) is 1.06. The molecule has 4 nitrogen and oxygen atoms in total. The molecule has 0 saturated carbocycles. The van der Waals surface area contributed by atoms with E-state index >= 15 is 0 Å². The number of hydrogen-bond donors (Lipinski definition) is 2. The van der Waals surface area contributed by atoms with E-state index in [0.717, 1.165) is 31.6 Å². The summed E-state index contributed by atoms with van der Waals surface area (Å²) in [4.78, 5) is 2.68. The minimum Gasteiger partial charge on any atom is -0.497 e. The second kappa shape index (κ2) is 8.54. The molecule has 0 amide bonds. The van der Waals surface area contributed by atoms with Crippen LogP contribution >= 0.6 is 0 Å². The third-order valence-corrected chi connectivity index (χ3v) is 7.25. The van der Waals surface area contributed by atoms with Gasteiger partial charge in [0.1, 0.15) is 12.0 Å². The van der Waals surface area contributed by atoms with Crippen LogP contribution in [0.15, 0.2) is 54.6 Å². The van der Waals surface area contributed by atoms with Crippen molar-refractivity contribution in [3.05, 3.63) is 71.3 Å². The van der Waals surface area contributed by atoms with Crippen molar-refractivity contribution in [3.8, 4) is 5.75 Å². The van der Waals surface area contributed by atoms with Crippen molar-refractivity contribution in [3.63, 3.8) is 0 Å². The lowest BCUT2D eigenvalue weighted by Crippen LogP contribution is -2.52. The molecule has 2 fully saturated rings. The fourth-order valence-electron chi connectivity index (χ4n) is 5.62. The summed E-state index contributed by atoms with van der Waals surface area (Å²) in [7, 11) is 1.71. The Labute approximate surface area is 179 Å². The van der Waals surface area contributed by atoms with E-state index in [2.05, 4.69) is 70.9 Å². The van der Waals surface area contributed by atoms with Crippen LogP contribution in [0.4, 0.5) is 0 Å². The van der Waals surface area contributed by atoms with Gasteiger partial charge in [0.05, 0.1) is 7.11 Å². The number of rotatable bonds is 6. The lowest BCUT2D eigenvalue weighted by molar-refractivity contribution is 0.0461. The highest BCUT2D eigenvalue weighted by atomic mass is 16.5. The summed E-state index contributed by atoms with van der Waals surface area (Å²) in [6, 6.07) is 18.6. The van der Waals surface area contributed by atoms with Crippen LogP contribution in [0.3, 0.4) is 0 Å². The van der Waals surface area contributed by atoms with Crippen LogP contribution in [0.5, 0.6) is 5.75 Å². The van der Waals surface area contributed by atoms with Crippen LogP contribution in [0.25, 0.3) is 6.08 Å². The molecular weight excluding hydrogens is 372 g/mol. The molecule has 158 valence electrons. The maximum absolute atomic E-state index is 10.9. The molecule has 2 bridgehead atoms. The fourth-order valence-corrected chi connectivity index (χ4v) is 5.62. The largest absolute Gasteiger partial charge is 0.497 e. The van der Waals surface area contributed by atoms with Crippen molar-refractivity contribution in [2.75, 3.05) is 7.11 Å². The van der Waals surface area contributed by atoms with Gasteiger partial charge in [-0.25, -0.2) is 0 Å². The first-order valence-electron chi connectivity index (χ1n) is 11.3. The van der Waals surface area contributed by atoms with E-state index in [0.29, 0.717) is 18.1 Å². The zero-order valence-corrected chi connectivity index (χ0v) is 17.7. The Morgan fingerprint density at radius 3 is 2.53 bits per heavy atom. The van der Waals surface area contributed by atoms with E-state index in [-0.39, 0.29) is 5.92 Å². The topological polar surface area (TPSA) is 44.7 Å². The zero-order valence-electron chi connectivity index (χ0n) is 17.7. The van der Waals surface area contributed by atoms with Crippen LogP contribution in [-0.2, 0) is 13.0 Å². The Kier molecular flexibility index (Phi) is 5.64. The highest BCUT2D eigenvalue weighted by molar-refractivity contribution is 5.56. The molecule has 3 aliphatic rings. The Hall–Kier alpha value is -2.14. The van der Waals surface area contributed by atoms with E-state index in [1.165, 1.54) is 29.5 Å². The van der Waals surface area contributed by atoms with Gasteiger partial charge in [0.15, 0.2) is 0 Å². The lowest BCUT2D eigenvalue weighted by Gasteiger charge is -2.40. The second-order valence-corrected chi connectivity index (χ2v) is 9.11. The molecule has 2 aliphatic heterocycles. The molecule has 2 aromatic rings. The Bertz CT molecular complexity index is 880. The van der Waals surface area contributed by atoms with Gasteiger partial charge in [-0.05, 0) is 60.9 Å². The molecule has 2 aromatic carbocycles. The van der Waals surface area contributed by atoms with Crippen LogP contribution in [0.1, 0.15) is 42.4 Å². The molecule has 2 heterocycles. The van der Waals surface area contributed by atoms with E-state index in [1.54, 1.807) is 7.11 Å². The van der Waals surface area contributed by atoms with Crippen molar-refractivity contribution in [1.82, 2.24) is 10.2 Å². The molecule has 2 saturated heterocycles. The average molecular weight is 405 g/mol. The van der Waals surface area contributed by atoms with Crippen LogP contribution < -0.4 is 10.1 Å². The summed E-state index contributed by atoms with van der Waals surface area (Å²) in [5.41, 5.74) is 3.97. The molecule has 0 spiro atoms. The number of aliphatic hydroxyl groups is 1. The number of benzene rings is 2. The van der Waals surface area contributed by atoms with Crippen LogP contribution in [0, 0.1) is 5.92 Å². The highest BCUT2D eigenvalue weighted by Crippen LogP contribution is 2.37. The molecule has 4 heteroatoms. The number of nitrogens with zero attached hydrogens (tertiary/aromatic N) is 1. The minimum atomic E-state index is -0.479. The number of fused-ring (bicyclic) bond motifs is 3. The van der Waals surface area contributed by atoms with Crippen LogP contribution in [0.2, 0.25) is 0 Å². The van der Waals surface area contributed by atoms with E-state index in [9.17, 15) is 5.11 Å². The quantitative estimate of drug-likeness (QED) is 0.715. The summed E-state index contributed by atoms with van der Waals surface area (Å²) >= 11 is 0. The standard InChI is InChI=1S/C26H32N2O2/c1-30-25-12-6-18(7-13-25)17-28-23-10-11-24(28)16-22(15-23)27-26(29)21-9-8-19-4-2-3-5-20(19)14-21/h2-9,12-13,21-24,26-27,29H,10-11,14-17H2,1H3. The Balaban J connectivity index is 1.18. The number of hydrogen-bond acceptors (Lipinski definition) is 4. The van der Waals surface area contributed by atoms with Crippen LogP contribution in [-0.4, -0.2) is 41.5 Å². The smallest absolute Gasteiger partial charge is 0.118 e. The molecule has 0 radical (unpaired) electrons. The first-order chi connectivity index (χ1) is 14.7. The molecule has 2 N–H and O–H groups in total. The molecule has 5 rings (SSSR count). The molecule has 4 unspecified atom stereocenters. The summed E-state index contributed by atoms with van der Waals surface area (Å²) in [6.45, 7) is 1.01. The van der Waals surface area contributed by atoms with Crippen molar-refractivity contribution in [2.45, 2.75) is 63.0 Å². The first-order valence-corrected chi connectivity index (χ1v) is 11.3. The van der Waals surface area contributed by atoms with Crippen molar-refractivity contribution >= 4 is 6.08 Å². The SMILES string of the molecule is COc1ccc(CN2C3CCC2CC(NC(O)C2C=Cc4ccccc4C2)C3)cc1. The second-order valence-electron chi connectivity index (χ2n) is 9.11. The fraction of sp³-hybridized carbons (Fsp3) is 0.462. The maximum atomic E-state index is 10.9. The predicted octanol–water partition coefficient (Wildman–Crippen LogP) is 3.98. The van der Waals surface area contributed by atoms with Gasteiger partial charge in [-0.15, -0.1) is 0 Å². The first kappa shape index (κ1) is 19.8. The third-order valence-electron chi connectivity index (χ3n) is 7.25. The Morgan fingerprint density at radius 2 is 1.80 bits per heavy atom. The average Bonchev–Trinajstić information content (AvgIpc) is 3.01. The summed E-state index contributed by atoms with van der Waals surface area (Å²) in [5, 5.41) is 14.5. The number of aliphatic hydroxyl groups excluding tert-OH is 1. The van der Waals surface area contributed by atoms with Gasteiger partial charge in [-0.1, -0.05) is 48.6 Å². The van der Waals surface area contributed by atoms with Gasteiger partial charge >= 0.3 is 0 Å². The summed E-state index contributed by atoms with van der Waals surface area (Å²) < 4.78 is 5.28. The number of nitrogens with one attached hydrogen (secondary N) is 1. The molecule has 30 heavy (non-hydrogen) atoms. The van der Waals surface area contributed by atoms with Gasteiger partial charge < -0.3 is 9.84 Å². The maximum Gasteiger partial charge on any atom is 0.118 e. The number of ether oxygens (including phenoxy) is 1. The highest BCUT2D eigenvalue weighted by Gasteiger charge is 2.41. The minimum absolute atomic E-state index is 0.148.